The number of nitrogens with zero attached hydrogens (tertiary/aromatic N) is 3. The molecule has 204 valence electrons. The Morgan fingerprint density at radius 1 is 1.19 bits per heavy atom. The number of likely N-dealkylation sites (tertiary alicyclic amines) is 1. The molecule has 0 bridgehead atoms. The molecule has 7 heteroatoms. The Morgan fingerprint density at radius 3 is 2.35 bits per heavy atom. The number of hydrogen-bond acceptors (Lipinski definition) is 4. The Morgan fingerprint density at radius 2 is 1.81 bits per heavy atom. The van der Waals surface area contributed by atoms with Crippen molar-refractivity contribution in [3.05, 3.63) is 65.1 Å². The van der Waals surface area contributed by atoms with E-state index in [0.29, 0.717) is 10.6 Å². The summed E-state index contributed by atoms with van der Waals surface area (Å²) in [7, 11) is 0. The highest BCUT2D eigenvalue weighted by Gasteiger charge is 2.20. The summed E-state index contributed by atoms with van der Waals surface area (Å²) in [5.41, 5.74) is 4.73. The van der Waals surface area contributed by atoms with Crippen molar-refractivity contribution in [2.45, 2.75) is 80.8 Å². The minimum atomic E-state index is -0.282. The third-order valence-corrected chi connectivity index (χ3v) is 6.02. The molecule has 1 aromatic carbocycles. The largest absolute Gasteiger partial charge is 0.339 e. The van der Waals surface area contributed by atoms with Crippen molar-refractivity contribution >= 4 is 23.2 Å². The van der Waals surface area contributed by atoms with Crippen LogP contribution in [0.2, 0.25) is 5.02 Å². The van der Waals surface area contributed by atoms with E-state index >= 15 is 0 Å². The molecule has 0 saturated carbocycles. The molecule has 2 heterocycles. The van der Waals surface area contributed by atoms with Crippen LogP contribution in [-0.4, -0.2) is 40.7 Å². The van der Waals surface area contributed by atoms with E-state index in [4.69, 9.17) is 11.6 Å². The number of amides is 1. The Bertz CT molecular complexity index is 1040. The van der Waals surface area contributed by atoms with Crippen LogP contribution in [0.4, 0.5) is 4.53 Å². The number of benzene rings is 1. The van der Waals surface area contributed by atoms with Crippen molar-refractivity contribution in [2.75, 3.05) is 13.1 Å². The fourth-order valence-corrected chi connectivity index (χ4v) is 3.57. The summed E-state index contributed by atoms with van der Waals surface area (Å²) in [5, 5.41) is 0.569. The summed E-state index contributed by atoms with van der Waals surface area (Å²) in [5.74, 6) is 0.0593. The zero-order chi connectivity index (χ0) is 28.0. The predicted octanol–water partition coefficient (Wildman–Crippen LogP) is 8.52. The lowest BCUT2D eigenvalue weighted by molar-refractivity contribution is -0.165. The molecule has 37 heavy (non-hydrogen) atoms. The van der Waals surface area contributed by atoms with Gasteiger partial charge >= 0.3 is 0 Å². The molecular weight excluding hydrogens is 489 g/mol. The van der Waals surface area contributed by atoms with Crippen LogP contribution in [0, 0.1) is 5.41 Å². The van der Waals surface area contributed by atoms with Crippen LogP contribution >= 0.6 is 11.6 Å². The quantitative estimate of drug-likeness (QED) is 0.351. The van der Waals surface area contributed by atoms with E-state index in [1.165, 1.54) is 0 Å². The van der Waals surface area contributed by atoms with Crippen LogP contribution in [0.5, 0.6) is 0 Å². The van der Waals surface area contributed by atoms with Crippen molar-refractivity contribution < 1.29 is 14.3 Å². The van der Waals surface area contributed by atoms with E-state index in [-0.39, 0.29) is 17.4 Å². The normalized spacial score (nSPS) is 13.8. The minimum Gasteiger partial charge on any atom is -0.339 e. The van der Waals surface area contributed by atoms with Gasteiger partial charge in [0.15, 0.2) is 0 Å². The molecule has 0 atom stereocenters. The molecular formula is C30H43ClFN3O2. The Hall–Kier alpha value is -2.57. The van der Waals surface area contributed by atoms with Crippen LogP contribution in [0.1, 0.15) is 84.2 Å². The number of carbonyl (C=O) groups is 1. The second-order valence-electron chi connectivity index (χ2n) is 9.97. The summed E-state index contributed by atoms with van der Waals surface area (Å²) in [4.78, 5) is 26.6. The second kappa shape index (κ2) is 16.3. The fraction of sp³-hybridized carbons (Fsp3) is 0.500. The first-order valence-electron chi connectivity index (χ1n) is 13.0. The van der Waals surface area contributed by atoms with Gasteiger partial charge in [0.1, 0.15) is 0 Å². The van der Waals surface area contributed by atoms with Gasteiger partial charge in [-0.2, -0.15) is 4.94 Å². The number of allylic oxidation sites excluding steroid dienone is 1. The van der Waals surface area contributed by atoms with Gasteiger partial charge in [-0.05, 0) is 73.7 Å². The molecule has 1 amide bonds. The van der Waals surface area contributed by atoms with Gasteiger partial charge in [0.2, 0.25) is 0 Å². The lowest BCUT2D eigenvalue weighted by atomic mass is 9.91. The molecule has 0 unspecified atom stereocenters. The van der Waals surface area contributed by atoms with Gasteiger partial charge in [-0.15, -0.1) is 0 Å². The Labute approximate surface area is 227 Å². The van der Waals surface area contributed by atoms with Crippen LogP contribution < -0.4 is 0 Å². The first-order valence-corrected chi connectivity index (χ1v) is 13.4. The van der Waals surface area contributed by atoms with Gasteiger partial charge in [0.05, 0.1) is 6.10 Å². The van der Waals surface area contributed by atoms with Crippen molar-refractivity contribution in [3.63, 3.8) is 0 Å². The summed E-state index contributed by atoms with van der Waals surface area (Å²) < 4.78 is 10.6. The standard InChI is InChI=1S/C25H30ClN3O.C3H7FO.C2H6/c1-18(25(2,3)4)28-11-7-8-19-14-21(17-27-16-19)22-10-9-20(15-23(22)26)24(30)29-12-5-6-13-29;1-3(2)5-4;1-2/h7,9-11,14-17H,5-6,8,12-13H2,1-4H3;3H,1-2H3;1-2H3/b11-7-,28-18?;;. The van der Waals surface area contributed by atoms with E-state index in [2.05, 4.69) is 41.8 Å². The fourth-order valence-electron chi connectivity index (χ4n) is 3.28. The van der Waals surface area contributed by atoms with Gasteiger partial charge in [0.25, 0.3) is 5.91 Å². The monoisotopic (exact) mass is 531 g/mol. The van der Waals surface area contributed by atoms with Crippen molar-refractivity contribution in [2.24, 2.45) is 10.4 Å². The van der Waals surface area contributed by atoms with Gasteiger partial charge in [0, 0.05) is 59.1 Å². The molecule has 1 fully saturated rings. The lowest BCUT2D eigenvalue weighted by Gasteiger charge is -2.16. The smallest absolute Gasteiger partial charge is 0.253 e. The van der Waals surface area contributed by atoms with Crippen LogP contribution in [0.25, 0.3) is 11.1 Å². The Kier molecular flexibility index (Phi) is 14.3. The highest BCUT2D eigenvalue weighted by atomic mass is 35.5. The summed E-state index contributed by atoms with van der Waals surface area (Å²) in [6, 6.07) is 7.63. The zero-order valence-corrected chi connectivity index (χ0v) is 24.4. The summed E-state index contributed by atoms with van der Waals surface area (Å²) >= 11 is 6.54. The first kappa shape index (κ1) is 32.5. The Balaban J connectivity index is 0.000000874. The molecule has 5 nitrogen and oxygen atoms in total. The van der Waals surface area contributed by atoms with E-state index in [0.717, 1.165) is 54.8 Å². The van der Waals surface area contributed by atoms with Gasteiger partial charge < -0.3 is 4.90 Å². The molecule has 1 aliphatic rings. The van der Waals surface area contributed by atoms with E-state index in [9.17, 15) is 9.32 Å². The molecule has 0 radical (unpaired) electrons. The SMILES string of the molecule is CC.CC(=N/C=C\Cc1cncc(-c2ccc(C(=O)N3CCCC3)cc2Cl)c1)C(C)(C)C.CC(C)OF. The third kappa shape index (κ3) is 11.1. The van der Waals surface area contributed by atoms with Crippen LogP contribution in [0.3, 0.4) is 0 Å². The van der Waals surface area contributed by atoms with Gasteiger partial charge in [-0.3, -0.25) is 14.8 Å². The number of hydrogen-bond donors (Lipinski definition) is 0. The third-order valence-electron chi connectivity index (χ3n) is 5.71. The van der Waals surface area contributed by atoms with E-state index in [1.54, 1.807) is 26.1 Å². The number of halogens is 2. The van der Waals surface area contributed by atoms with Crippen molar-refractivity contribution in [1.29, 1.82) is 0 Å². The molecule has 1 saturated heterocycles. The zero-order valence-electron chi connectivity index (χ0n) is 23.6. The van der Waals surface area contributed by atoms with Gasteiger partial charge in [-0.25, -0.2) is 0 Å². The highest BCUT2D eigenvalue weighted by molar-refractivity contribution is 6.33. The molecule has 3 rings (SSSR count). The highest BCUT2D eigenvalue weighted by Crippen LogP contribution is 2.30. The maximum absolute atomic E-state index is 12.6. The summed E-state index contributed by atoms with van der Waals surface area (Å²) in [6.45, 7) is 17.4. The van der Waals surface area contributed by atoms with E-state index in [1.807, 2.05) is 56.3 Å². The molecule has 0 aliphatic carbocycles. The first-order chi connectivity index (χ1) is 17.5. The second-order valence-corrected chi connectivity index (χ2v) is 10.4. The lowest BCUT2D eigenvalue weighted by Crippen LogP contribution is -2.27. The van der Waals surface area contributed by atoms with Crippen molar-refractivity contribution in [1.82, 2.24) is 9.88 Å². The molecule has 2 aromatic rings. The predicted molar refractivity (Wildman–Crippen MR) is 154 cm³/mol. The molecule has 0 spiro atoms. The maximum Gasteiger partial charge on any atom is 0.253 e. The topological polar surface area (TPSA) is 54.8 Å². The van der Waals surface area contributed by atoms with Crippen LogP contribution in [0.15, 0.2) is 53.9 Å². The molecule has 1 aliphatic heterocycles. The minimum absolute atomic E-state index is 0.0593. The number of pyridine rings is 1. The average Bonchev–Trinajstić information content (AvgIpc) is 3.42. The number of aliphatic imine (C=N–C) groups is 1. The summed E-state index contributed by atoms with van der Waals surface area (Å²) in [6.07, 6.45) is 10.2. The van der Waals surface area contributed by atoms with Crippen LogP contribution in [-0.2, 0) is 11.4 Å². The maximum atomic E-state index is 12.6. The number of aromatic nitrogens is 1. The number of rotatable bonds is 6. The molecule has 0 N–H and O–H groups in total. The van der Waals surface area contributed by atoms with E-state index < -0.39 is 0 Å². The number of carbonyl (C=O) groups excluding carboxylic acids is 1. The average molecular weight is 532 g/mol. The van der Waals surface area contributed by atoms with Crippen molar-refractivity contribution in [3.8, 4) is 11.1 Å². The van der Waals surface area contributed by atoms with Gasteiger partial charge in [-0.1, -0.05) is 58.4 Å². The molecule has 1 aromatic heterocycles.